The van der Waals surface area contributed by atoms with Gasteiger partial charge in [0, 0.05) is 21.0 Å². The number of amides is 1. The lowest BCUT2D eigenvalue weighted by Crippen LogP contribution is -2.14. The number of nitrogens with zero attached hydrogens (tertiary/aromatic N) is 1. The molecule has 28 heavy (non-hydrogen) atoms. The third-order valence-electron chi connectivity index (χ3n) is 3.78. The number of carbonyl (C=O) groups excluding carboxylic acids is 1. The van der Waals surface area contributed by atoms with Gasteiger partial charge in [0.2, 0.25) is 0 Å². The molecule has 0 aliphatic heterocycles. The molecule has 0 spiro atoms. The van der Waals surface area contributed by atoms with Gasteiger partial charge in [-0.15, -0.1) is 0 Å². The summed E-state index contributed by atoms with van der Waals surface area (Å²) in [6, 6.07) is 20.5. The Bertz CT molecular complexity index is 1040. The maximum atomic E-state index is 12.8. The highest BCUT2D eigenvalue weighted by molar-refractivity contribution is 7.99. The van der Waals surface area contributed by atoms with Crippen molar-refractivity contribution in [3.8, 4) is 6.07 Å². The van der Waals surface area contributed by atoms with Crippen LogP contribution in [0.1, 0.15) is 21.5 Å². The number of alkyl halides is 3. The number of nitrogens with one attached hydrogen (secondary N) is 1. The first-order valence-corrected chi connectivity index (χ1v) is 8.94. The van der Waals surface area contributed by atoms with Crippen molar-refractivity contribution in [2.24, 2.45) is 0 Å². The van der Waals surface area contributed by atoms with Crippen molar-refractivity contribution in [3.05, 3.63) is 89.5 Å². The second kappa shape index (κ2) is 8.19. The van der Waals surface area contributed by atoms with Crippen molar-refractivity contribution in [1.29, 1.82) is 5.26 Å². The zero-order valence-electron chi connectivity index (χ0n) is 14.3. The highest BCUT2D eigenvalue weighted by Crippen LogP contribution is 2.32. The van der Waals surface area contributed by atoms with Gasteiger partial charge in [-0.3, -0.25) is 4.79 Å². The lowest BCUT2D eigenvalue weighted by Gasteiger charge is -2.10. The van der Waals surface area contributed by atoms with Crippen molar-refractivity contribution in [3.63, 3.8) is 0 Å². The lowest BCUT2D eigenvalue weighted by atomic mass is 10.1. The Morgan fingerprint density at radius 1 is 0.964 bits per heavy atom. The number of hydrogen-bond acceptors (Lipinski definition) is 3. The summed E-state index contributed by atoms with van der Waals surface area (Å²) in [5, 5.41) is 11.9. The van der Waals surface area contributed by atoms with E-state index in [1.165, 1.54) is 30.0 Å². The van der Waals surface area contributed by atoms with Gasteiger partial charge in [0.15, 0.2) is 0 Å². The number of halogens is 3. The zero-order valence-corrected chi connectivity index (χ0v) is 15.1. The quantitative estimate of drug-likeness (QED) is 0.588. The molecule has 1 N–H and O–H groups in total. The number of nitriles is 1. The molecule has 1 amide bonds. The van der Waals surface area contributed by atoms with E-state index in [-0.39, 0.29) is 5.56 Å². The summed E-state index contributed by atoms with van der Waals surface area (Å²) >= 11 is 1.41. The summed E-state index contributed by atoms with van der Waals surface area (Å²) in [5.74, 6) is -0.682. The predicted octanol–water partition coefficient (Wildman–Crippen LogP) is 5.98. The van der Waals surface area contributed by atoms with E-state index in [1.807, 2.05) is 30.3 Å². The first-order valence-electron chi connectivity index (χ1n) is 8.12. The van der Waals surface area contributed by atoms with Crippen LogP contribution in [0.5, 0.6) is 0 Å². The van der Waals surface area contributed by atoms with Gasteiger partial charge in [0.05, 0.1) is 11.1 Å². The van der Waals surface area contributed by atoms with Crippen LogP contribution in [0.15, 0.2) is 82.6 Å². The smallest absolute Gasteiger partial charge is 0.322 e. The first kappa shape index (κ1) is 19.5. The summed E-state index contributed by atoms with van der Waals surface area (Å²) in [6.07, 6.45) is -4.53. The van der Waals surface area contributed by atoms with Gasteiger partial charge in [0.1, 0.15) is 6.07 Å². The van der Waals surface area contributed by atoms with Gasteiger partial charge < -0.3 is 5.32 Å². The summed E-state index contributed by atoms with van der Waals surface area (Å²) < 4.78 is 38.4. The summed E-state index contributed by atoms with van der Waals surface area (Å²) in [6.45, 7) is 0. The van der Waals surface area contributed by atoms with Gasteiger partial charge in [-0.2, -0.15) is 18.4 Å². The predicted molar refractivity (Wildman–Crippen MR) is 101 cm³/mol. The van der Waals surface area contributed by atoms with Crippen LogP contribution < -0.4 is 5.32 Å². The largest absolute Gasteiger partial charge is 0.416 e. The minimum atomic E-state index is -4.53. The first-order chi connectivity index (χ1) is 13.4. The molecule has 0 heterocycles. The van der Waals surface area contributed by atoms with Crippen LogP contribution in [0.25, 0.3) is 0 Å². The monoisotopic (exact) mass is 398 g/mol. The normalized spacial score (nSPS) is 10.9. The number of carbonyl (C=O) groups is 1. The van der Waals surface area contributed by atoms with Crippen LogP contribution in [0.4, 0.5) is 18.9 Å². The molecule has 0 aliphatic carbocycles. The summed E-state index contributed by atoms with van der Waals surface area (Å²) in [4.78, 5) is 14.0. The van der Waals surface area contributed by atoms with Gasteiger partial charge >= 0.3 is 6.18 Å². The molecule has 3 aromatic rings. The second-order valence-electron chi connectivity index (χ2n) is 5.77. The van der Waals surface area contributed by atoms with Crippen LogP contribution in [-0.4, -0.2) is 5.91 Å². The Morgan fingerprint density at radius 3 is 2.39 bits per heavy atom. The molecule has 0 saturated carbocycles. The molecule has 0 saturated heterocycles. The van der Waals surface area contributed by atoms with E-state index in [2.05, 4.69) is 11.4 Å². The van der Waals surface area contributed by atoms with E-state index in [9.17, 15) is 23.2 Å². The Balaban J connectivity index is 1.80. The minimum Gasteiger partial charge on any atom is -0.322 e. The average Bonchev–Trinajstić information content (AvgIpc) is 2.69. The highest BCUT2D eigenvalue weighted by Gasteiger charge is 2.30. The molecule has 3 nitrogen and oxygen atoms in total. The molecule has 0 unspecified atom stereocenters. The van der Waals surface area contributed by atoms with Crippen molar-refractivity contribution in [2.45, 2.75) is 16.0 Å². The number of benzene rings is 3. The third kappa shape index (κ3) is 4.72. The Morgan fingerprint density at radius 2 is 1.71 bits per heavy atom. The zero-order chi connectivity index (χ0) is 20.1. The van der Waals surface area contributed by atoms with E-state index in [4.69, 9.17) is 0 Å². The topological polar surface area (TPSA) is 52.9 Å². The molecule has 0 aliphatic rings. The molecule has 0 aromatic heterocycles. The van der Waals surface area contributed by atoms with Gasteiger partial charge in [-0.25, -0.2) is 0 Å². The standard InChI is InChI=1S/C21H13F3N2OS/c22-21(23,24)16-6-4-5-14(11-16)20(27)26-17-9-10-19(15(12-17)13-25)28-18-7-2-1-3-8-18/h1-12H,(H,26,27). The van der Waals surface area contributed by atoms with Crippen LogP contribution in [0.3, 0.4) is 0 Å². The summed E-state index contributed by atoms with van der Waals surface area (Å²) in [5.41, 5.74) is -0.324. The van der Waals surface area contributed by atoms with Crippen molar-refractivity contribution >= 4 is 23.4 Å². The molecular weight excluding hydrogens is 385 g/mol. The number of anilines is 1. The van der Waals surface area contributed by atoms with Crippen molar-refractivity contribution in [1.82, 2.24) is 0 Å². The van der Waals surface area contributed by atoms with E-state index in [1.54, 1.807) is 12.1 Å². The van der Waals surface area contributed by atoms with Crippen molar-refractivity contribution < 1.29 is 18.0 Å². The fourth-order valence-electron chi connectivity index (χ4n) is 2.44. The Kier molecular flexibility index (Phi) is 5.71. The van der Waals surface area contributed by atoms with E-state index in [0.717, 1.165) is 17.0 Å². The second-order valence-corrected chi connectivity index (χ2v) is 6.89. The average molecular weight is 398 g/mol. The Labute approximate surface area is 163 Å². The van der Waals surface area contributed by atoms with Crippen LogP contribution in [-0.2, 0) is 6.18 Å². The summed E-state index contributed by atoms with van der Waals surface area (Å²) in [7, 11) is 0. The molecule has 0 fully saturated rings. The molecule has 3 aromatic carbocycles. The molecule has 0 radical (unpaired) electrons. The molecule has 140 valence electrons. The maximum absolute atomic E-state index is 12.8. The maximum Gasteiger partial charge on any atom is 0.416 e. The molecule has 7 heteroatoms. The Hall–Kier alpha value is -3.24. The van der Waals surface area contributed by atoms with Crippen molar-refractivity contribution in [2.75, 3.05) is 5.32 Å². The van der Waals surface area contributed by atoms with Crippen LogP contribution >= 0.6 is 11.8 Å². The SMILES string of the molecule is N#Cc1cc(NC(=O)c2cccc(C(F)(F)F)c2)ccc1Sc1ccccc1. The van der Waals surface area contributed by atoms with E-state index < -0.39 is 17.6 Å². The van der Waals surface area contributed by atoms with Gasteiger partial charge in [-0.05, 0) is 48.5 Å². The molecule has 0 bridgehead atoms. The van der Waals surface area contributed by atoms with Gasteiger partial charge in [0.25, 0.3) is 5.91 Å². The fourth-order valence-corrected chi connectivity index (χ4v) is 3.34. The number of hydrogen-bond donors (Lipinski definition) is 1. The fraction of sp³-hybridized carbons (Fsp3) is 0.0476. The number of rotatable bonds is 4. The molecule has 3 rings (SSSR count). The van der Waals surface area contributed by atoms with E-state index >= 15 is 0 Å². The minimum absolute atomic E-state index is 0.115. The molecular formula is C21H13F3N2OS. The van der Waals surface area contributed by atoms with Crippen LogP contribution in [0.2, 0.25) is 0 Å². The molecule has 0 atom stereocenters. The highest BCUT2D eigenvalue weighted by atomic mass is 32.2. The lowest BCUT2D eigenvalue weighted by molar-refractivity contribution is -0.137. The van der Waals surface area contributed by atoms with Crippen LogP contribution in [0, 0.1) is 11.3 Å². The van der Waals surface area contributed by atoms with Gasteiger partial charge in [-0.1, -0.05) is 36.0 Å². The van der Waals surface area contributed by atoms with E-state index in [0.29, 0.717) is 16.1 Å². The third-order valence-corrected chi connectivity index (χ3v) is 4.86.